The van der Waals surface area contributed by atoms with Crippen LogP contribution in [0.1, 0.15) is 23.8 Å². The van der Waals surface area contributed by atoms with Gasteiger partial charge in [0.1, 0.15) is 12.4 Å². The fourth-order valence-corrected chi connectivity index (χ4v) is 1.30. The van der Waals surface area contributed by atoms with Crippen LogP contribution in [0.2, 0.25) is 0 Å². The predicted molar refractivity (Wildman–Crippen MR) is 63.6 cm³/mol. The maximum absolute atomic E-state index is 11.9. The number of hydrogen-bond acceptors (Lipinski definition) is 5. The lowest BCUT2D eigenvalue weighted by molar-refractivity contribution is -0.174. The van der Waals surface area contributed by atoms with Crippen LogP contribution in [0, 0.1) is 0 Å². The van der Waals surface area contributed by atoms with Crippen molar-refractivity contribution in [3.63, 3.8) is 0 Å². The van der Waals surface area contributed by atoms with Crippen molar-refractivity contribution in [2.75, 3.05) is 18.5 Å². The summed E-state index contributed by atoms with van der Waals surface area (Å²) in [7, 11) is 0. The first-order valence-electron chi connectivity index (χ1n) is 5.78. The Labute approximate surface area is 113 Å². The molecule has 1 heterocycles. The van der Waals surface area contributed by atoms with Crippen LogP contribution in [0.15, 0.2) is 12.4 Å². The molecule has 2 N–H and O–H groups in total. The Kier molecular flexibility index (Phi) is 5.68. The van der Waals surface area contributed by atoms with Crippen LogP contribution in [-0.2, 0) is 4.74 Å². The van der Waals surface area contributed by atoms with Gasteiger partial charge in [0.2, 0.25) is 0 Å². The molecule has 0 bridgehead atoms. The van der Waals surface area contributed by atoms with Crippen LogP contribution >= 0.6 is 0 Å². The number of anilines is 1. The highest BCUT2D eigenvalue weighted by molar-refractivity contribution is 5.84. The van der Waals surface area contributed by atoms with Crippen molar-refractivity contribution >= 4 is 11.8 Å². The molecule has 0 aliphatic heterocycles. The van der Waals surface area contributed by atoms with Gasteiger partial charge in [-0.1, -0.05) is 6.92 Å². The smallest absolute Gasteiger partial charge is 0.411 e. The van der Waals surface area contributed by atoms with Crippen LogP contribution in [-0.4, -0.2) is 46.5 Å². The molecular weight excluding hydrogens is 279 g/mol. The second-order valence-electron chi connectivity index (χ2n) is 3.97. The Morgan fingerprint density at radius 2 is 2.15 bits per heavy atom. The zero-order valence-corrected chi connectivity index (χ0v) is 10.6. The quantitative estimate of drug-likeness (QED) is 0.799. The van der Waals surface area contributed by atoms with Gasteiger partial charge >= 0.3 is 12.1 Å². The summed E-state index contributed by atoms with van der Waals surface area (Å²) >= 11 is 0. The minimum atomic E-state index is -4.36. The normalized spacial score (nSPS) is 13.0. The molecule has 1 aromatic rings. The lowest BCUT2D eigenvalue weighted by atomic mass is 10.2. The van der Waals surface area contributed by atoms with E-state index in [0.717, 1.165) is 6.20 Å². The average Bonchev–Trinajstić information content (AvgIpc) is 2.36. The number of aromatic carboxylic acids is 1. The van der Waals surface area contributed by atoms with E-state index in [1.807, 2.05) is 0 Å². The van der Waals surface area contributed by atoms with Gasteiger partial charge in [-0.15, -0.1) is 0 Å². The summed E-state index contributed by atoms with van der Waals surface area (Å²) < 4.78 is 40.4. The zero-order valence-electron chi connectivity index (χ0n) is 10.6. The first-order valence-corrected chi connectivity index (χ1v) is 5.78. The Balaban J connectivity index is 2.49. The van der Waals surface area contributed by atoms with Gasteiger partial charge in [0, 0.05) is 0 Å². The Bertz CT molecular complexity index is 437. The third-order valence-electron chi connectivity index (χ3n) is 2.30. The Hall–Kier alpha value is -1.90. The number of ether oxygens (including phenoxy) is 1. The number of nitrogens with one attached hydrogen (secondary N) is 1. The van der Waals surface area contributed by atoms with Crippen molar-refractivity contribution in [2.45, 2.75) is 25.6 Å². The topological polar surface area (TPSA) is 84.3 Å². The SMILES string of the molecule is CCC(COCC(F)(F)F)Nc1cnc(C(=O)O)cn1. The molecule has 1 unspecified atom stereocenters. The highest BCUT2D eigenvalue weighted by atomic mass is 19.4. The molecule has 0 spiro atoms. The van der Waals surface area contributed by atoms with E-state index >= 15 is 0 Å². The van der Waals surface area contributed by atoms with E-state index in [4.69, 9.17) is 5.11 Å². The van der Waals surface area contributed by atoms with E-state index in [2.05, 4.69) is 20.0 Å². The number of rotatable bonds is 7. The summed E-state index contributed by atoms with van der Waals surface area (Å²) in [6.07, 6.45) is -1.58. The number of aromatic nitrogens is 2. The molecule has 0 fully saturated rings. The number of carboxylic acids is 1. The third-order valence-corrected chi connectivity index (χ3v) is 2.30. The predicted octanol–water partition coefficient (Wildman–Crippen LogP) is 1.94. The summed E-state index contributed by atoms with van der Waals surface area (Å²) in [5, 5.41) is 11.5. The number of alkyl halides is 3. The Morgan fingerprint density at radius 3 is 2.60 bits per heavy atom. The van der Waals surface area contributed by atoms with Gasteiger partial charge < -0.3 is 15.2 Å². The molecule has 112 valence electrons. The van der Waals surface area contributed by atoms with E-state index in [1.165, 1.54) is 6.20 Å². The van der Waals surface area contributed by atoms with Crippen LogP contribution in [0.3, 0.4) is 0 Å². The van der Waals surface area contributed by atoms with Crippen molar-refractivity contribution in [1.29, 1.82) is 0 Å². The minimum Gasteiger partial charge on any atom is -0.476 e. The van der Waals surface area contributed by atoms with Crippen molar-refractivity contribution in [3.05, 3.63) is 18.1 Å². The molecule has 1 atom stereocenters. The van der Waals surface area contributed by atoms with E-state index < -0.39 is 18.8 Å². The monoisotopic (exact) mass is 293 g/mol. The molecule has 6 nitrogen and oxygen atoms in total. The molecule has 1 aromatic heterocycles. The first-order chi connectivity index (χ1) is 9.31. The van der Waals surface area contributed by atoms with Crippen LogP contribution in [0.5, 0.6) is 0 Å². The van der Waals surface area contributed by atoms with E-state index in [9.17, 15) is 18.0 Å². The summed E-state index contributed by atoms with van der Waals surface area (Å²) in [5.41, 5.74) is -0.211. The van der Waals surface area contributed by atoms with Gasteiger partial charge in [0.15, 0.2) is 5.69 Å². The van der Waals surface area contributed by atoms with Crippen molar-refractivity contribution in [1.82, 2.24) is 9.97 Å². The molecule has 0 saturated heterocycles. The fourth-order valence-electron chi connectivity index (χ4n) is 1.30. The lowest BCUT2D eigenvalue weighted by Gasteiger charge is -2.18. The number of nitrogens with zero attached hydrogens (tertiary/aromatic N) is 2. The van der Waals surface area contributed by atoms with E-state index in [1.54, 1.807) is 6.92 Å². The van der Waals surface area contributed by atoms with Gasteiger partial charge in [-0.2, -0.15) is 13.2 Å². The largest absolute Gasteiger partial charge is 0.476 e. The summed E-state index contributed by atoms with van der Waals surface area (Å²) in [6, 6.07) is -0.373. The molecule has 0 radical (unpaired) electrons. The number of carbonyl (C=O) groups is 1. The lowest BCUT2D eigenvalue weighted by Crippen LogP contribution is -2.28. The minimum absolute atomic E-state index is 0.141. The number of hydrogen-bond donors (Lipinski definition) is 2. The van der Waals surface area contributed by atoms with Crippen molar-refractivity contribution < 1.29 is 27.8 Å². The van der Waals surface area contributed by atoms with Crippen LogP contribution in [0.25, 0.3) is 0 Å². The number of halogens is 3. The van der Waals surface area contributed by atoms with Gasteiger partial charge in [0.25, 0.3) is 0 Å². The molecule has 0 saturated carbocycles. The third kappa shape index (κ3) is 5.83. The standard InChI is InChI=1S/C11H14F3N3O3/c1-2-7(5-20-6-11(12,13)14)17-9-4-15-8(3-16-9)10(18)19/h3-4,7H,2,5-6H2,1H3,(H,16,17)(H,18,19). The summed E-state index contributed by atoms with van der Waals surface area (Å²) in [6.45, 7) is 0.320. The highest BCUT2D eigenvalue weighted by Gasteiger charge is 2.27. The Morgan fingerprint density at radius 1 is 1.45 bits per heavy atom. The molecule has 20 heavy (non-hydrogen) atoms. The van der Waals surface area contributed by atoms with Crippen LogP contribution in [0.4, 0.5) is 19.0 Å². The molecule has 0 aliphatic carbocycles. The highest BCUT2D eigenvalue weighted by Crippen LogP contribution is 2.15. The average molecular weight is 293 g/mol. The molecule has 0 amide bonds. The fraction of sp³-hybridized carbons (Fsp3) is 0.545. The maximum Gasteiger partial charge on any atom is 0.411 e. The molecule has 0 aromatic carbocycles. The second-order valence-corrected chi connectivity index (χ2v) is 3.97. The van der Waals surface area contributed by atoms with Crippen LogP contribution < -0.4 is 5.32 Å². The summed E-state index contributed by atoms with van der Waals surface area (Å²) in [5.74, 6) is -0.929. The summed E-state index contributed by atoms with van der Waals surface area (Å²) in [4.78, 5) is 18.0. The van der Waals surface area contributed by atoms with Gasteiger partial charge in [-0.3, -0.25) is 0 Å². The van der Waals surface area contributed by atoms with Gasteiger partial charge in [-0.25, -0.2) is 14.8 Å². The maximum atomic E-state index is 11.9. The van der Waals surface area contributed by atoms with Gasteiger partial charge in [0.05, 0.1) is 25.0 Å². The van der Waals surface area contributed by atoms with Gasteiger partial charge in [-0.05, 0) is 6.42 Å². The molecule has 1 rings (SSSR count). The van der Waals surface area contributed by atoms with Crippen molar-refractivity contribution in [3.8, 4) is 0 Å². The molecule has 0 aliphatic rings. The molecular formula is C11H14F3N3O3. The molecule has 9 heteroatoms. The second kappa shape index (κ2) is 7.04. The first kappa shape index (κ1) is 16.2. The van der Waals surface area contributed by atoms with E-state index in [0.29, 0.717) is 6.42 Å². The number of carboxylic acid groups (broad SMARTS) is 1. The zero-order chi connectivity index (χ0) is 15.2. The van der Waals surface area contributed by atoms with E-state index in [-0.39, 0.29) is 24.2 Å². The van der Waals surface area contributed by atoms with Crippen molar-refractivity contribution in [2.24, 2.45) is 0 Å².